The molecule has 0 saturated carbocycles. The topological polar surface area (TPSA) is 69.2 Å². The van der Waals surface area contributed by atoms with Gasteiger partial charge in [-0.1, -0.05) is 0 Å². The molecule has 1 atom stereocenters. The molecule has 14 heavy (non-hydrogen) atoms. The second-order valence-electron chi connectivity index (χ2n) is 2.87. The van der Waals surface area contributed by atoms with E-state index in [0.29, 0.717) is 6.07 Å². The van der Waals surface area contributed by atoms with Crippen LogP contribution in [-0.4, -0.2) is 4.92 Å². The zero-order valence-electron chi connectivity index (χ0n) is 7.33. The van der Waals surface area contributed by atoms with Crippen LogP contribution in [-0.2, 0) is 0 Å². The largest absolute Gasteiger partial charge is 0.324 e. The van der Waals surface area contributed by atoms with Gasteiger partial charge in [-0.05, 0) is 13.0 Å². The van der Waals surface area contributed by atoms with Crippen molar-refractivity contribution >= 4 is 5.69 Å². The third-order valence-corrected chi connectivity index (χ3v) is 1.75. The molecule has 0 bridgehead atoms. The van der Waals surface area contributed by atoms with E-state index in [1.807, 2.05) is 0 Å². The molecule has 0 radical (unpaired) electrons. The third-order valence-electron chi connectivity index (χ3n) is 1.75. The fourth-order valence-electron chi connectivity index (χ4n) is 1.04. The summed E-state index contributed by atoms with van der Waals surface area (Å²) in [6.45, 7) is 1.46. The Hall–Kier alpha value is -1.56. The van der Waals surface area contributed by atoms with Crippen LogP contribution in [0.5, 0.6) is 0 Å². The molecule has 0 amide bonds. The minimum Gasteiger partial charge on any atom is -0.324 e. The van der Waals surface area contributed by atoms with E-state index in [0.717, 1.165) is 6.07 Å². The van der Waals surface area contributed by atoms with Gasteiger partial charge in [-0.25, -0.2) is 4.39 Å². The lowest BCUT2D eigenvalue weighted by Crippen LogP contribution is -2.09. The van der Waals surface area contributed by atoms with Gasteiger partial charge in [-0.15, -0.1) is 0 Å². The molecule has 0 aliphatic rings. The molecule has 0 saturated heterocycles. The zero-order chi connectivity index (χ0) is 10.9. The van der Waals surface area contributed by atoms with Crippen LogP contribution < -0.4 is 5.73 Å². The van der Waals surface area contributed by atoms with Gasteiger partial charge in [0.05, 0.1) is 11.0 Å². The number of halogens is 2. The maximum Gasteiger partial charge on any atom is 0.307 e. The van der Waals surface area contributed by atoms with Gasteiger partial charge in [0, 0.05) is 11.6 Å². The SMILES string of the molecule is C[C@H](N)c1cc(F)c([N+](=O)[O-])cc1F. The Morgan fingerprint density at radius 1 is 1.43 bits per heavy atom. The minimum atomic E-state index is -1.08. The summed E-state index contributed by atoms with van der Waals surface area (Å²) >= 11 is 0. The Balaban J connectivity index is 3.31. The maximum absolute atomic E-state index is 13.1. The Kier molecular flexibility index (Phi) is 2.76. The molecule has 6 heteroatoms. The first-order valence-electron chi connectivity index (χ1n) is 3.82. The molecular weight excluding hydrogens is 194 g/mol. The summed E-state index contributed by atoms with van der Waals surface area (Å²) < 4.78 is 26.1. The van der Waals surface area contributed by atoms with Crippen LogP contribution in [0.4, 0.5) is 14.5 Å². The quantitative estimate of drug-likeness (QED) is 0.588. The Morgan fingerprint density at radius 3 is 2.43 bits per heavy atom. The van der Waals surface area contributed by atoms with Crippen molar-refractivity contribution in [3.05, 3.63) is 39.4 Å². The van der Waals surface area contributed by atoms with E-state index in [-0.39, 0.29) is 5.56 Å². The number of nitrogens with two attached hydrogens (primary N) is 1. The number of hydrogen-bond acceptors (Lipinski definition) is 3. The highest BCUT2D eigenvalue weighted by atomic mass is 19.1. The van der Waals surface area contributed by atoms with Crippen LogP contribution in [0, 0.1) is 21.7 Å². The predicted molar refractivity (Wildman–Crippen MR) is 45.6 cm³/mol. The molecule has 0 heterocycles. The fraction of sp³-hybridized carbons (Fsp3) is 0.250. The van der Waals surface area contributed by atoms with Gasteiger partial charge >= 0.3 is 5.69 Å². The molecule has 1 aromatic rings. The Labute approximate surface area is 78.5 Å². The second kappa shape index (κ2) is 3.67. The molecule has 4 nitrogen and oxygen atoms in total. The summed E-state index contributed by atoms with van der Waals surface area (Å²) in [7, 11) is 0. The van der Waals surface area contributed by atoms with Crippen LogP contribution in [0.2, 0.25) is 0 Å². The summed E-state index contributed by atoms with van der Waals surface area (Å²) in [5, 5.41) is 10.2. The van der Waals surface area contributed by atoms with Crippen molar-refractivity contribution in [3.8, 4) is 0 Å². The molecule has 2 N–H and O–H groups in total. The average molecular weight is 202 g/mol. The molecule has 0 spiro atoms. The minimum absolute atomic E-state index is 0.0758. The lowest BCUT2D eigenvalue weighted by atomic mass is 10.1. The molecular formula is C8H8F2N2O2. The predicted octanol–water partition coefficient (Wildman–Crippen LogP) is 1.89. The third kappa shape index (κ3) is 1.85. The highest BCUT2D eigenvalue weighted by molar-refractivity contribution is 5.37. The first kappa shape index (κ1) is 10.5. The summed E-state index contributed by atoms with van der Waals surface area (Å²) in [4.78, 5) is 9.24. The normalized spacial score (nSPS) is 12.6. The number of nitrogens with zero attached hydrogens (tertiary/aromatic N) is 1. The van der Waals surface area contributed by atoms with E-state index in [2.05, 4.69) is 0 Å². The van der Waals surface area contributed by atoms with E-state index in [1.165, 1.54) is 6.92 Å². The van der Waals surface area contributed by atoms with Crippen molar-refractivity contribution in [1.82, 2.24) is 0 Å². The summed E-state index contributed by atoms with van der Waals surface area (Å²) in [6.07, 6.45) is 0. The zero-order valence-corrected chi connectivity index (χ0v) is 7.33. The monoisotopic (exact) mass is 202 g/mol. The molecule has 1 rings (SSSR count). The maximum atomic E-state index is 13.1. The van der Waals surface area contributed by atoms with Gasteiger partial charge in [-0.3, -0.25) is 10.1 Å². The first-order chi connectivity index (χ1) is 6.43. The van der Waals surface area contributed by atoms with E-state index in [9.17, 15) is 18.9 Å². The van der Waals surface area contributed by atoms with Gasteiger partial charge in [0.1, 0.15) is 5.82 Å². The summed E-state index contributed by atoms with van der Waals surface area (Å²) in [6, 6.07) is 0.580. The van der Waals surface area contributed by atoms with Crippen molar-refractivity contribution < 1.29 is 13.7 Å². The van der Waals surface area contributed by atoms with E-state index >= 15 is 0 Å². The highest BCUT2D eigenvalue weighted by Gasteiger charge is 2.19. The first-order valence-corrected chi connectivity index (χ1v) is 3.82. The number of hydrogen-bond donors (Lipinski definition) is 1. The molecule has 0 aromatic heterocycles. The highest BCUT2D eigenvalue weighted by Crippen LogP contribution is 2.24. The van der Waals surface area contributed by atoms with Crippen LogP contribution in [0.3, 0.4) is 0 Å². The molecule has 76 valence electrons. The Bertz CT molecular complexity index is 380. The van der Waals surface area contributed by atoms with Crippen molar-refractivity contribution in [3.63, 3.8) is 0 Å². The van der Waals surface area contributed by atoms with Crippen molar-refractivity contribution in [2.45, 2.75) is 13.0 Å². The molecule has 0 aliphatic carbocycles. The van der Waals surface area contributed by atoms with Gasteiger partial charge in [0.2, 0.25) is 5.82 Å². The van der Waals surface area contributed by atoms with Crippen LogP contribution >= 0.6 is 0 Å². The second-order valence-corrected chi connectivity index (χ2v) is 2.87. The molecule has 0 aliphatic heterocycles. The smallest absolute Gasteiger partial charge is 0.307 e. The van der Waals surface area contributed by atoms with Gasteiger partial charge < -0.3 is 5.73 Å². The summed E-state index contributed by atoms with van der Waals surface area (Å²) in [5.74, 6) is -1.95. The Morgan fingerprint density at radius 2 is 2.00 bits per heavy atom. The van der Waals surface area contributed by atoms with Crippen molar-refractivity contribution in [1.29, 1.82) is 0 Å². The number of benzene rings is 1. The standard InChI is InChI=1S/C8H8F2N2O2/c1-4(11)5-2-7(10)8(12(13)14)3-6(5)9/h2-4H,11H2,1H3/t4-/m0/s1. The molecule has 0 unspecified atom stereocenters. The molecule has 1 aromatic carbocycles. The number of rotatable bonds is 2. The average Bonchev–Trinajstić information content (AvgIpc) is 2.07. The van der Waals surface area contributed by atoms with Crippen LogP contribution in [0.25, 0.3) is 0 Å². The number of nitro groups is 1. The fourth-order valence-corrected chi connectivity index (χ4v) is 1.04. The van der Waals surface area contributed by atoms with E-state index in [4.69, 9.17) is 5.73 Å². The van der Waals surface area contributed by atoms with Gasteiger partial charge in [0.25, 0.3) is 0 Å². The lowest BCUT2D eigenvalue weighted by Gasteiger charge is -2.06. The van der Waals surface area contributed by atoms with Gasteiger partial charge in [-0.2, -0.15) is 4.39 Å². The van der Waals surface area contributed by atoms with E-state index < -0.39 is 28.3 Å². The van der Waals surface area contributed by atoms with Gasteiger partial charge in [0.15, 0.2) is 0 Å². The molecule has 0 fully saturated rings. The summed E-state index contributed by atoms with van der Waals surface area (Å²) in [5.41, 5.74) is 4.37. The van der Waals surface area contributed by atoms with Crippen molar-refractivity contribution in [2.75, 3.05) is 0 Å². The number of nitro benzene ring substituents is 1. The van der Waals surface area contributed by atoms with Crippen LogP contribution in [0.1, 0.15) is 18.5 Å². The van der Waals surface area contributed by atoms with Crippen molar-refractivity contribution in [2.24, 2.45) is 5.73 Å². The van der Waals surface area contributed by atoms with Crippen LogP contribution in [0.15, 0.2) is 12.1 Å². The lowest BCUT2D eigenvalue weighted by molar-refractivity contribution is -0.387. The van der Waals surface area contributed by atoms with E-state index in [1.54, 1.807) is 0 Å².